The number of carbonyl (C=O) groups is 8. The zero-order valence-corrected chi connectivity index (χ0v) is 40.2. The van der Waals surface area contributed by atoms with Crippen LogP contribution in [0.5, 0.6) is 5.75 Å². The van der Waals surface area contributed by atoms with Crippen molar-refractivity contribution < 1.29 is 58.8 Å². The third-order valence-electron chi connectivity index (χ3n) is 12.3. The van der Waals surface area contributed by atoms with Gasteiger partial charge in [-0.25, -0.2) is 4.79 Å². The number of rotatable bonds is 26. The van der Waals surface area contributed by atoms with Crippen LogP contribution in [0.1, 0.15) is 42.0 Å². The number of para-hydroxylation sites is 2. The van der Waals surface area contributed by atoms with Gasteiger partial charge in [-0.1, -0.05) is 78.9 Å². The minimum absolute atomic E-state index is 0.0919. The van der Waals surface area contributed by atoms with E-state index in [0.29, 0.717) is 38.5 Å². The molecular formula is C52H60N10O12. The average Bonchev–Trinajstić information content (AvgIpc) is 3.99. The number of aliphatic hydroxyl groups excluding tert-OH is 2. The molecule has 74 heavy (non-hydrogen) atoms. The van der Waals surface area contributed by atoms with Crippen LogP contribution in [0.15, 0.2) is 116 Å². The monoisotopic (exact) mass is 1020 g/mol. The van der Waals surface area contributed by atoms with Crippen molar-refractivity contribution >= 4 is 69.1 Å². The Labute approximate surface area is 424 Å². The quantitative estimate of drug-likeness (QED) is 0.0329. The maximum Gasteiger partial charge on any atom is 0.328 e. The van der Waals surface area contributed by atoms with Gasteiger partial charge >= 0.3 is 5.97 Å². The summed E-state index contributed by atoms with van der Waals surface area (Å²) in [5.41, 5.74) is 15.3. The highest BCUT2D eigenvalue weighted by atomic mass is 16.4. The van der Waals surface area contributed by atoms with E-state index in [4.69, 9.17) is 11.5 Å². The highest BCUT2D eigenvalue weighted by Gasteiger charge is 2.35. The third kappa shape index (κ3) is 15.0. The van der Waals surface area contributed by atoms with E-state index < -0.39 is 102 Å². The SMILES string of the molecule is C[C@@H](O)[C@H](NC(=O)[C@H](Cc1ccc(O)cc1)NC(=O)[C@H](Cc1c[nH]c2ccccc12)NC(=O)[C@H](CO)NC(=O)[C@H](Cc1c[nH]c2ccccc12)NC(=O)[C@H](CCC(N)=O)NC(=O)[C@@H](N)Cc1ccccc1)C(=O)O. The summed E-state index contributed by atoms with van der Waals surface area (Å²) < 4.78 is 0. The molecule has 0 bridgehead atoms. The minimum Gasteiger partial charge on any atom is -0.508 e. The number of aliphatic hydroxyl groups is 2. The lowest BCUT2D eigenvalue weighted by atomic mass is 10.0. The van der Waals surface area contributed by atoms with Gasteiger partial charge in [-0.05, 0) is 66.3 Å². The lowest BCUT2D eigenvalue weighted by Crippen LogP contribution is -2.61. The smallest absolute Gasteiger partial charge is 0.328 e. The summed E-state index contributed by atoms with van der Waals surface area (Å²) in [5.74, 6) is -8.06. The average molecular weight is 1020 g/mol. The molecule has 2 aromatic heterocycles. The molecule has 0 spiro atoms. The van der Waals surface area contributed by atoms with Gasteiger partial charge in [0.1, 0.15) is 36.0 Å². The highest BCUT2D eigenvalue weighted by molar-refractivity contribution is 5.98. The number of aromatic amines is 2. The first-order valence-corrected chi connectivity index (χ1v) is 23.7. The molecule has 0 aliphatic carbocycles. The number of amides is 7. The molecule has 0 aliphatic rings. The summed E-state index contributed by atoms with van der Waals surface area (Å²) in [5, 5.41) is 56.9. The van der Waals surface area contributed by atoms with Crippen molar-refractivity contribution in [2.24, 2.45) is 11.5 Å². The topological polar surface area (TPSA) is 373 Å². The number of fused-ring (bicyclic) bond motifs is 2. The number of carbonyl (C=O) groups excluding carboxylic acids is 7. The molecule has 0 aliphatic heterocycles. The number of H-pyrrole nitrogens is 2. The van der Waals surface area contributed by atoms with Gasteiger partial charge in [-0.15, -0.1) is 0 Å². The van der Waals surface area contributed by atoms with Crippen LogP contribution in [-0.4, -0.2) is 133 Å². The lowest BCUT2D eigenvalue weighted by Gasteiger charge is -2.27. The molecule has 16 N–H and O–H groups in total. The van der Waals surface area contributed by atoms with Crippen LogP contribution in [-0.2, 0) is 64.0 Å². The lowest BCUT2D eigenvalue weighted by molar-refractivity contribution is -0.145. The first-order chi connectivity index (χ1) is 35.4. The molecule has 22 nitrogen and oxygen atoms in total. The number of phenols is 1. The van der Waals surface area contributed by atoms with E-state index in [1.807, 2.05) is 0 Å². The first kappa shape index (κ1) is 54.7. The molecule has 6 aromatic rings. The van der Waals surface area contributed by atoms with Crippen LogP contribution in [0.4, 0.5) is 0 Å². The number of phenolic OH excluding ortho intramolecular Hbond substituents is 1. The van der Waals surface area contributed by atoms with E-state index in [9.17, 15) is 58.8 Å². The Balaban J connectivity index is 1.26. The second kappa shape index (κ2) is 25.7. The van der Waals surface area contributed by atoms with Crippen molar-refractivity contribution in [3.63, 3.8) is 0 Å². The highest BCUT2D eigenvalue weighted by Crippen LogP contribution is 2.22. The molecule has 6 rings (SSSR count). The predicted molar refractivity (Wildman–Crippen MR) is 270 cm³/mol. The van der Waals surface area contributed by atoms with E-state index in [2.05, 4.69) is 41.9 Å². The molecule has 22 heteroatoms. The fourth-order valence-electron chi connectivity index (χ4n) is 8.26. The van der Waals surface area contributed by atoms with Gasteiger partial charge in [0, 0.05) is 59.9 Å². The Bertz CT molecular complexity index is 2940. The summed E-state index contributed by atoms with van der Waals surface area (Å²) in [6.07, 6.45) is 0.529. The van der Waals surface area contributed by atoms with Gasteiger partial charge < -0.3 is 73.8 Å². The fourth-order valence-corrected chi connectivity index (χ4v) is 8.26. The summed E-state index contributed by atoms with van der Waals surface area (Å²) >= 11 is 0. The third-order valence-corrected chi connectivity index (χ3v) is 12.3. The maximum atomic E-state index is 14.5. The molecule has 4 aromatic carbocycles. The van der Waals surface area contributed by atoms with Gasteiger partial charge in [0.2, 0.25) is 41.4 Å². The van der Waals surface area contributed by atoms with Crippen LogP contribution < -0.4 is 43.4 Å². The maximum absolute atomic E-state index is 14.5. The Kier molecular flexibility index (Phi) is 19.0. The van der Waals surface area contributed by atoms with Crippen molar-refractivity contribution in [2.75, 3.05) is 6.61 Å². The molecule has 0 unspecified atom stereocenters. The van der Waals surface area contributed by atoms with Gasteiger partial charge in [-0.3, -0.25) is 33.6 Å². The van der Waals surface area contributed by atoms with Gasteiger partial charge in [0.25, 0.3) is 0 Å². The van der Waals surface area contributed by atoms with E-state index in [1.54, 1.807) is 91.3 Å². The number of carboxylic acid groups (broad SMARTS) is 1. The molecule has 7 amide bonds. The normalized spacial score (nSPS) is 14.5. The Morgan fingerprint density at radius 3 is 1.47 bits per heavy atom. The van der Waals surface area contributed by atoms with Crippen LogP contribution in [0, 0.1) is 0 Å². The molecule has 0 saturated carbocycles. The van der Waals surface area contributed by atoms with Crippen LogP contribution in [0.25, 0.3) is 21.8 Å². The standard InChI is InChI=1S/C52H60N10O12/c1-28(64)45(52(73)74)62-50(71)40(22-30-15-17-33(65)18-16-30)58-48(69)41(23-31-25-55-37-13-7-5-11-34(31)37)60-51(72)43(27-63)61-49(70)42(24-32-26-56-38-14-8-6-12-35(32)38)59-47(68)39(19-20-44(54)66)57-46(67)36(53)21-29-9-3-2-4-10-29/h2-18,25-26,28,36,39-43,45,55-56,63-65H,19-24,27,53H2,1H3,(H2,54,66)(H,57,67)(H,58,69)(H,59,68)(H,60,72)(H,61,70)(H,62,71)(H,73,74)/t28-,36+,39+,40+,41+,42+,43+,45+/m1/s1. The number of nitrogens with two attached hydrogens (primary N) is 2. The number of nitrogens with one attached hydrogen (secondary N) is 8. The fraction of sp³-hybridized carbons (Fsp3) is 0.308. The molecule has 0 fully saturated rings. The minimum atomic E-state index is -1.78. The van der Waals surface area contributed by atoms with Gasteiger partial charge in [0.05, 0.1) is 18.8 Å². The molecule has 390 valence electrons. The van der Waals surface area contributed by atoms with Crippen molar-refractivity contribution in [3.8, 4) is 5.75 Å². The van der Waals surface area contributed by atoms with Crippen LogP contribution >= 0.6 is 0 Å². The summed E-state index contributed by atoms with van der Waals surface area (Å²) in [6, 6.07) is 18.1. The first-order valence-electron chi connectivity index (χ1n) is 23.7. The number of aromatic hydroxyl groups is 1. The second-order valence-electron chi connectivity index (χ2n) is 17.9. The predicted octanol–water partition coefficient (Wildman–Crippen LogP) is -0.415. The molecular weight excluding hydrogens is 957 g/mol. The van der Waals surface area contributed by atoms with Gasteiger partial charge in [-0.2, -0.15) is 0 Å². The number of hydrogen-bond donors (Lipinski definition) is 14. The van der Waals surface area contributed by atoms with Crippen LogP contribution in [0.2, 0.25) is 0 Å². The summed E-state index contributed by atoms with van der Waals surface area (Å²) in [7, 11) is 0. The Morgan fingerprint density at radius 2 is 0.973 bits per heavy atom. The number of benzene rings is 4. The van der Waals surface area contributed by atoms with Crippen molar-refractivity contribution in [2.45, 2.75) is 93.8 Å². The second-order valence-corrected chi connectivity index (χ2v) is 17.9. The number of aromatic nitrogens is 2. The number of carboxylic acids is 1. The molecule has 0 radical (unpaired) electrons. The molecule has 8 atom stereocenters. The van der Waals surface area contributed by atoms with Crippen LogP contribution in [0.3, 0.4) is 0 Å². The van der Waals surface area contributed by atoms with Crippen molar-refractivity contribution in [1.82, 2.24) is 41.9 Å². The van der Waals surface area contributed by atoms with Gasteiger partial charge in [0.15, 0.2) is 6.04 Å². The zero-order chi connectivity index (χ0) is 53.5. The van der Waals surface area contributed by atoms with Crippen molar-refractivity contribution in [1.29, 1.82) is 0 Å². The van der Waals surface area contributed by atoms with E-state index in [-0.39, 0.29) is 44.3 Å². The largest absolute Gasteiger partial charge is 0.508 e. The number of aliphatic carboxylic acids is 1. The van der Waals surface area contributed by atoms with Crippen molar-refractivity contribution in [3.05, 3.63) is 138 Å². The molecule has 0 saturated heterocycles. The zero-order valence-electron chi connectivity index (χ0n) is 40.2. The van der Waals surface area contributed by atoms with E-state index >= 15 is 0 Å². The Morgan fingerprint density at radius 1 is 0.541 bits per heavy atom. The van der Waals surface area contributed by atoms with E-state index in [1.165, 1.54) is 24.3 Å². The summed E-state index contributed by atoms with van der Waals surface area (Å²) in [6.45, 7) is 0.132. The summed E-state index contributed by atoms with van der Waals surface area (Å²) in [4.78, 5) is 115. The number of primary amides is 1. The molecule has 2 heterocycles. The van der Waals surface area contributed by atoms with E-state index in [0.717, 1.165) is 12.5 Å². The Hall–Kier alpha value is -8.60. The number of hydrogen-bond acceptors (Lipinski definition) is 12.